The molecule has 0 aliphatic heterocycles. The van der Waals surface area contributed by atoms with Gasteiger partial charge in [-0.05, 0) is 11.5 Å². The highest BCUT2D eigenvalue weighted by atomic mass is 19.2. The van der Waals surface area contributed by atoms with E-state index < -0.39 is 163 Å². The van der Waals surface area contributed by atoms with E-state index >= 15 is 35.1 Å². The van der Waals surface area contributed by atoms with Crippen LogP contribution >= 0.6 is 0 Å². The number of pyridine rings is 1. The molecule has 0 amide bonds. The fraction of sp³-hybridized carbons (Fsp3) is 0.0455. The van der Waals surface area contributed by atoms with Gasteiger partial charge in [-0.15, -0.1) is 21.9 Å². The Morgan fingerprint density at radius 2 is 0.686 bits per heavy atom. The molecule has 0 radical (unpaired) electrons. The number of carboxylic acid groups (broad SMARTS) is 1. The topological polar surface area (TPSA) is 75.3 Å². The average Bonchev–Trinajstić information content (AvgIpc) is 3.33. The summed E-state index contributed by atoms with van der Waals surface area (Å²) in [5, 5.41) is 10.4. The van der Waals surface area contributed by atoms with E-state index in [4.69, 9.17) is 5.11 Å². The number of nitrogens with zero attached hydrogens (tertiary/aromatic N) is 1. The molecule has 0 aliphatic rings. The second-order valence-corrected chi connectivity index (χ2v) is 14.5. The van der Waals surface area contributed by atoms with Crippen molar-refractivity contribution in [2.24, 2.45) is 0 Å². The van der Waals surface area contributed by atoms with Crippen molar-refractivity contribution in [1.29, 1.82) is 0 Å². The summed E-state index contributed by atoms with van der Waals surface area (Å²) < 4.78 is 295. The molecule has 6 aromatic carbocycles. The van der Waals surface area contributed by atoms with E-state index in [-0.39, 0.29) is 18.0 Å². The number of aromatic nitrogens is 1. The van der Waals surface area contributed by atoms with Crippen LogP contribution in [0.5, 0.6) is 0 Å². The third-order valence-electron chi connectivity index (χ3n) is 10.6. The van der Waals surface area contributed by atoms with Gasteiger partial charge >= 0.3 is 5.97 Å². The molecule has 1 N–H and O–H groups in total. The van der Waals surface area contributed by atoms with Crippen LogP contribution in [0.1, 0.15) is 27.3 Å². The first kappa shape index (κ1) is 51.6. The molecule has 0 spiro atoms. The lowest BCUT2D eigenvalue weighted by molar-refractivity contribution is -0.683. The molecule has 1 heterocycles. The Morgan fingerprint density at radius 3 is 1.01 bits per heavy atom. The number of carbonyl (C=O) groups is 3. The van der Waals surface area contributed by atoms with Crippen molar-refractivity contribution < 1.29 is 112 Å². The zero-order valence-electron chi connectivity index (χ0n) is 33.5. The number of halogens is 20. The van der Waals surface area contributed by atoms with Gasteiger partial charge < -0.3 is 5.11 Å². The van der Waals surface area contributed by atoms with Gasteiger partial charge in [-0.25, -0.2) is 87.8 Å². The van der Waals surface area contributed by atoms with Gasteiger partial charge in [0.15, 0.2) is 76.0 Å². The Balaban J connectivity index is 0.000000270. The number of ketones is 2. The van der Waals surface area contributed by atoms with Gasteiger partial charge in [0.05, 0.1) is 5.39 Å². The number of carboxylic acids is 1. The zero-order valence-corrected chi connectivity index (χ0v) is 33.5. The van der Waals surface area contributed by atoms with Crippen molar-refractivity contribution >= 4 is 56.3 Å². The summed E-state index contributed by atoms with van der Waals surface area (Å²) in [6.45, 7) is -0.0322. The maximum absolute atomic E-state index is 15.4. The molecule has 70 heavy (non-hydrogen) atoms. The fourth-order valence-corrected chi connectivity index (χ4v) is 7.67. The minimum atomic E-state index is -7.22. The summed E-state index contributed by atoms with van der Waals surface area (Å²) in [7, 11) is 0. The Labute approximate surface area is 375 Å². The van der Waals surface area contributed by atoms with Crippen LogP contribution in [-0.2, 0) is 11.3 Å². The summed E-state index contributed by atoms with van der Waals surface area (Å²) in [6.07, 6.45) is -6.18. The molecule has 364 valence electrons. The van der Waals surface area contributed by atoms with E-state index in [1.807, 2.05) is 24.3 Å². The van der Waals surface area contributed by atoms with Crippen molar-refractivity contribution in [2.75, 3.05) is 0 Å². The van der Waals surface area contributed by atoms with E-state index in [1.54, 1.807) is 42.6 Å². The van der Waals surface area contributed by atoms with Crippen molar-refractivity contribution in [1.82, 2.24) is 0 Å². The molecule has 0 atom stereocenters. The highest BCUT2D eigenvalue weighted by Gasteiger charge is 2.52. The van der Waals surface area contributed by atoms with E-state index in [1.165, 1.54) is 4.57 Å². The predicted octanol–water partition coefficient (Wildman–Crippen LogP) is 8.51. The minimum Gasteiger partial charge on any atom is -0.481 e. The second-order valence-electron chi connectivity index (χ2n) is 14.5. The van der Waals surface area contributed by atoms with Gasteiger partial charge in [-0.1, -0.05) is 48.5 Å². The lowest BCUT2D eigenvalue weighted by atomic mass is 9.12. The van der Waals surface area contributed by atoms with E-state index in [9.17, 15) is 67.1 Å². The summed E-state index contributed by atoms with van der Waals surface area (Å²) in [4.78, 5) is 36.0. The van der Waals surface area contributed by atoms with E-state index in [0.717, 1.165) is 5.39 Å². The van der Waals surface area contributed by atoms with Gasteiger partial charge in [0, 0.05) is 11.6 Å². The number of hydrogen-bond donors (Lipinski definition) is 1. The lowest BCUT2D eigenvalue weighted by Gasteiger charge is -2.44. The number of hydrogen-bond acceptors (Lipinski definition) is 3. The van der Waals surface area contributed by atoms with Crippen molar-refractivity contribution in [2.45, 2.75) is 13.0 Å². The molecule has 1 aromatic heterocycles. The van der Waals surface area contributed by atoms with Crippen LogP contribution in [0.2, 0.25) is 0 Å². The highest BCUT2D eigenvalue weighted by molar-refractivity contribution is 7.20. The number of aliphatic carboxylic acids is 1. The molecule has 0 bridgehead atoms. The second kappa shape index (κ2) is 19.3. The average molecular weight is 1010 g/mol. The van der Waals surface area contributed by atoms with Gasteiger partial charge in [0.25, 0.3) is 5.69 Å². The largest absolute Gasteiger partial charge is 0.481 e. The maximum atomic E-state index is 15.4. The Kier molecular flexibility index (Phi) is 14.2. The molecule has 26 heteroatoms. The van der Waals surface area contributed by atoms with Crippen molar-refractivity contribution in [3.8, 4) is 0 Å². The molecule has 0 unspecified atom stereocenters. The first-order chi connectivity index (χ1) is 32.8. The number of rotatable bonds is 10. The third kappa shape index (κ3) is 8.22. The van der Waals surface area contributed by atoms with Crippen LogP contribution in [-0.4, -0.2) is 28.8 Å². The molecular formula is C44H16BF20NO4. The number of fused-ring (bicyclic) bond motifs is 1. The minimum absolute atomic E-state index is 0.0322. The van der Waals surface area contributed by atoms with E-state index in [2.05, 4.69) is 0 Å². The monoisotopic (exact) mass is 1010 g/mol. The summed E-state index contributed by atoms with van der Waals surface area (Å²) >= 11 is 0. The molecule has 0 saturated heterocycles. The first-order valence-corrected chi connectivity index (χ1v) is 18.7. The lowest BCUT2D eigenvalue weighted by Crippen LogP contribution is -2.81. The van der Waals surface area contributed by atoms with Crippen LogP contribution in [0, 0.1) is 116 Å². The van der Waals surface area contributed by atoms with Crippen LogP contribution in [0.15, 0.2) is 66.9 Å². The third-order valence-corrected chi connectivity index (χ3v) is 10.6. The van der Waals surface area contributed by atoms with Crippen LogP contribution < -0.4 is 26.4 Å². The Hall–Kier alpha value is -7.80. The normalized spacial score (nSPS) is 11.5. The Morgan fingerprint density at radius 1 is 0.386 bits per heavy atom. The maximum Gasteiger partial charge on any atom is 0.311 e. The first-order valence-electron chi connectivity index (χ1n) is 18.7. The Bertz CT molecular complexity index is 2970. The quantitative estimate of drug-likeness (QED) is 0.0284. The van der Waals surface area contributed by atoms with Gasteiger partial charge in [0.2, 0.25) is 18.1 Å². The number of Topliss-reactive ketones (excluding diaryl/α,β-unsaturated/α-hetero) is 2. The van der Waals surface area contributed by atoms with E-state index in [0.29, 0.717) is 10.9 Å². The SMILES string of the molecule is Fc1c(F)c(F)c([B-](c2c(F)c(F)c(F)c(F)c2F)(c2c(F)c(F)c(F)c(F)c2F)c2c(F)c(F)c(F)c(F)c2F)c(F)c1F.O=C(O)CC(=O)c1c2ccccc2cc[n+]1CC(=O)c1ccccc1. The summed E-state index contributed by atoms with van der Waals surface area (Å²) in [6, 6.07) is 17.8. The molecule has 7 aromatic rings. The summed E-state index contributed by atoms with van der Waals surface area (Å²) in [5.41, 5.74) is -13.5. The van der Waals surface area contributed by atoms with Crippen LogP contribution in [0.4, 0.5) is 87.8 Å². The molecule has 0 aliphatic carbocycles. The van der Waals surface area contributed by atoms with Crippen LogP contribution in [0.3, 0.4) is 0 Å². The summed E-state index contributed by atoms with van der Waals surface area (Å²) in [5.74, 6) is -73.3. The van der Waals surface area contributed by atoms with Gasteiger partial charge in [-0.3, -0.25) is 14.4 Å². The number of carbonyl (C=O) groups excluding carboxylic acids is 2. The molecule has 0 saturated carbocycles. The predicted molar refractivity (Wildman–Crippen MR) is 201 cm³/mol. The zero-order chi connectivity index (χ0) is 52.2. The standard InChI is InChI=1S/C24BF20.C20H15NO4/c26-5-1(6(27)14(35)21(42)13(5)34)25(2-7(28)15(36)22(43)16(37)8(2)29,3-9(30)17(38)23(44)18(39)10(3)31)4-11(32)19(40)24(45)20(41)12(4)33;22-17(12-19(24)25)20-16-9-5-4-6-14(16)10-11-21(20)13-18(23)15-7-2-1-3-8-15/h;1-11H,12-13H2/q-1;/p+1. The molecule has 0 fully saturated rings. The fourth-order valence-electron chi connectivity index (χ4n) is 7.67. The smallest absolute Gasteiger partial charge is 0.311 e. The van der Waals surface area contributed by atoms with Gasteiger partial charge in [-0.2, -0.15) is 4.57 Å². The van der Waals surface area contributed by atoms with Gasteiger partial charge in [0.1, 0.15) is 59.1 Å². The van der Waals surface area contributed by atoms with Crippen LogP contribution in [0.25, 0.3) is 10.8 Å². The molecular weight excluding hydrogens is 997 g/mol. The number of benzene rings is 6. The van der Waals surface area contributed by atoms with Crippen molar-refractivity contribution in [3.05, 3.63) is 194 Å². The molecule has 5 nitrogen and oxygen atoms in total. The highest BCUT2D eigenvalue weighted by Crippen LogP contribution is 2.31. The van der Waals surface area contributed by atoms with Crippen molar-refractivity contribution in [3.63, 3.8) is 0 Å². The molecule has 7 rings (SSSR count).